The minimum Gasteiger partial charge on any atom is -0.469 e. The number of methoxy groups -OCH3 is 1. The number of hydrogen-bond donors (Lipinski definition) is 0. The highest BCUT2D eigenvalue weighted by Gasteiger charge is 2.27. The number of carbonyl (C=O) groups is 1. The van der Waals surface area contributed by atoms with E-state index in [1.165, 1.54) is 7.11 Å². The third-order valence-electron chi connectivity index (χ3n) is 4.04. The molecule has 0 aliphatic heterocycles. The van der Waals surface area contributed by atoms with Crippen molar-refractivity contribution in [3.05, 3.63) is 17.7 Å². The summed E-state index contributed by atoms with van der Waals surface area (Å²) >= 11 is 0. The van der Waals surface area contributed by atoms with Crippen LogP contribution < -0.4 is 0 Å². The van der Waals surface area contributed by atoms with Gasteiger partial charge in [0, 0.05) is 6.54 Å². The summed E-state index contributed by atoms with van der Waals surface area (Å²) in [7, 11) is 1.45. The largest absolute Gasteiger partial charge is 0.469 e. The van der Waals surface area contributed by atoms with E-state index < -0.39 is 0 Å². The molecule has 0 N–H and O–H groups in total. The first-order valence-corrected chi connectivity index (χ1v) is 6.65. The molecule has 0 unspecified atom stereocenters. The van der Waals surface area contributed by atoms with Crippen LogP contribution in [-0.2, 0) is 16.1 Å². The number of carbonyl (C=O) groups excluding carboxylic acids is 1. The molecular formula is C14H19N3O2. The SMILES string of the molecule is COC(=O)C1CCC(Cn2cnc(C#N)c2C)CC1. The normalized spacial score (nSPS) is 22.8. The van der Waals surface area contributed by atoms with Crippen molar-refractivity contribution in [3.8, 4) is 6.07 Å². The smallest absolute Gasteiger partial charge is 0.308 e. The van der Waals surface area contributed by atoms with Gasteiger partial charge in [-0.3, -0.25) is 4.79 Å². The van der Waals surface area contributed by atoms with E-state index >= 15 is 0 Å². The fourth-order valence-corrected chi connectivity index (χ4v) is 2.76. The summed E-state index contributed by atoms with van der Waals surface area (Å²) < 4.78 is 6.83. The number of aromatic nitrogens is 2. The molecule has 0 amide bonds. The fraction of sp³-hybridized carbons (Fsp3) is 0.643. The summed E-state index contributed by atoms with van der Waals surface area (Å²) in [4.78, 5) is 15.5. The first kappa shape index (κ1) is 13.6. The van der Waals surface area contributed by atoms with Crippen molar-refractivity contribution in [1.82, 2.24) is 9.55 Å². The number of imidazole rings is 1. The first-order valence-electron chi connectivity index (χ1n) is 6.65. The van der Waals surface area contributed by atoms with Crippen molar-refractivity contribution in [2.24, 2.45) is 11.8 Å². The van der Waals surface area contributed by atoms with E-state index in [0.717, 1.165) is 37.9 Å². The Morgan fingerprint density at radius 2 is 2.21 bits per heavy atom. The molecule has 0 saturated heterocycles. The van der Waals surface area contributed by atoms with Crippen LogP contribution in [0.2, 0.25) is 0 Å². The van der Waals surface area contributed by atoms with Crippen LogP contribution in [0.4, 0.5) is 0 Å². The first-order chi connectivity index (χ1) is 9.15. The van der Waals surface area contributed by atoms with Crippen molar-refractivity contribution in [3.63, 3.8) is 0 Å². The van der Waals surface area contributed by atoms with E-state index in [0.29, 0.717) is 11.6 Å². The number of ether oxygens (including phenoxy) is 1. The Bertz CT molecular complexity index is 493. The lowest BCUT2D eigenvalue weighted by molar-refractivity contribution is -0.146. The number of hydrogen-bond acceptors (Lipinski definition) is 4. The third kappa shape index (κ3) is 2.95. The molecule has 19 heavy (non-hydrogen) atoms. The summed E-state index contributed by atoms with van der Waals surface area (Å²) in [6, 6.07) is 2.09. The van der Waals surface area contributed by atoms with Gasteiger partial charge in [0.15, 0.2) is 5.69 Å². The predicted octanol–water partition coefficient (Wildman–Crippen LogP) is 2.04. The highest BCUT2D eigenvalue weighted by molar-refractivity contribution is 5.72. The molecule has 102 valence electrons. The zero-order valence-electron chi connectivity index (χ0n) is 11.4. The number of esters is 1. The van der Waals surface area contributed by atoms with E-state index in [1.807, 2.05) is 11.5 Å². The second-order valence-electron chi connectivity index (χ2n) is 5.18. The topological polar surface area (TPSA) is 67.9 Å². The molecule has 0 aromatic carbocycles. The van der Waals surface area contributed by atoms with Gasteiger partial charge in [0.25, 0.3) is 0 Å². The highest BCUT2D eigenvalue weighted by Crippen LogP contribution is 2.30. The summed E-state index contributed by atoms with van der Waals surface area (Å²) in [6.07, 6.45) is 5.59. The van der Waals surface area contributed by atoms with E-state index in [-0.39, 0.29) is 11.9 Å². The van der Waals surface area contributed by atoms with Gasteiger partial charge in [0.05, 0.1) is 25.0 Å². The van der Waals surface area contributed by atoms with Gasteiger partial charge in [-0.1, -0.05) is 0 Å². The molecule has 1 fully saturated rings. The number of rotatable bonds is 3. The van der Waals surface area contributed by atoms with Crippen molar-refractivity contribution in [2.45, 2.75) is 39.2 Å². The van der Waals surface area contributed by atoms with Crippen molar-refractivity contribution >= 4 is 5.97 Å². The highest BCUT2D eigenvalue weighted by atomic mass is 16.5. The van der Waals surface area contributed by atoms with Crippen LogP contribution in [-0.4, -0.2) is 22.6 Å². The minimum absolute atomic E-state index is 0.0693. The quantitative estimate of drug-likeness (QED) is 0.781. The van der Waals surface area contributed by atoms with Gasteiger partial charge in [-0.15, -0.1) is 0 Å². The van der Waals surface area contributed by atoms with Crippen LogP contribution in [0.1, 0.15) is 37.1 Å². The van der Waals surface area contributed by atoms with Gasteiger partial charge in [0.2, 0.25) is 0 Å². The van der Waals surface area contributed by atoms with Crippen molar-refractivity contribution < 1.29 is 9.53 Å². The Hall–Kier alpha value is -1.83. The third-order valence-corrected chi connectivity index (χ3v) is 4.04. The zero-order chi connectivity index (χ0) is 13.8. The number of nitrogens with zero attached hydrogens (tertiary/aromatic N) is 3. The van der Waals surface area contributed by atoms with Crippen LogP contribution >= 0.6 is 0 Å². The molecule has 1 aromatic heterocycles. The number of nitriles is 1. The van der Waals surface area contributed by atoms with E-state index in [4.69, 9.17) is 10.00 Å². The molecule has 1 heterocycles. The Morgan fingerprint density at radius 3 is 2.74 bits per heavy atom. The lowest BCUT2D eigenvalue weighted by Gasteiger charge is -2.27. The van der Waals surface area contributed by atoms with Gasteiger partial charge in [-0.2, -0.15) is 5.26 Å². The molecule has 0 atom stereocenters. The molecule has 5 heteroatoms. The van der Waals surface area contributed by atoms with Crippen molar-refractivity contribution in [1.29, 1.82) is 5.26 Å². The average Bonchev–Trinajstić information content (AvgIpc) is 2.79. The van der Waals surface area contributed by atoms with Gasteiger partial charge >= 0.3 is 5.97 Å². The van der Waals surface area contributed by atoms with Crippen LogP contribution in [0.25, 0.3) is 0 Å². The fourth-order valence-electron chi connectivity index (χ4n) is 2.76. The molecule has 1 aromatic rings. The molecule has 1 saturated carbocycles. The zero-order valence-corrected chi connectivity index (χ0v) is 11.4. The van der Waals surface area contributed by atoms with Gasteiger partial charge in [-0.05, 0) is 38.5 Å². The summed E-state index contributed by atoms with van der Waals surface area (Å²) in [5, 5.41) is 8.88. The standard InChI is InChI=1S/C14H19N3O2/c1-10-13(7-15)16-9-17(10)8-11-3-5-12(6-4-11)14(18)19-2/h9,11-12H,3-6,8H2,1-2H3. The van der Waals surface area contributed by atoms with Crippen molar-refractivity contribution in [2.75, 3.05) is 7.11 Å². The Balaban J connectivity index is 1.91. The lowest BCUT2D eigenvalue weighted by atomic mass is 9.82. The average molecular weight is 261 g/mol. The Kier molecular flexibility index (Phi) is 4.20. The monoisotopic (exact) mass is 261 g/mol. The van der Waals surface area contributed by atoms with Crippen LogP contribution in [0, 0.1) is 30.1 Å². The molecule has 0 radical (unpaired) electrons. The van der Waals surface area contributed by atoms with Gasteiger partial charge < -0.3 is 9.30 Å². The van der Waals surface area contributed by atoms with Crippen LogP contribution in [0.3, 0.4) is 0 Å². The minimum atomic E-state index is -0.0796. The van der Waals surface area contributed by atoms with E-state index in [2.05, 4.69) is 11.1 Å². The molecule has 1 aliphatic carbocycles. The lowest BCUT2D eigenvalue weighted by Crippen LogP contribution is -2.25. The Labute approximate surface area is 113 Å². The van der Waals surface area contributed by atoms with Crippen LogP contribution in [0.5, 0.6) is 0 Å². The van der Waals surface area contributed by atoms with Gasteiger partial charge in [-0.25, -0.2) is 4.98 Å². The molecule has 0 spiro atoms. The maximum absolute atomic E-state index is 11.5. The Morgan fingerprint density at radius 1 is 1.53 bits per heavy atom. The van der Waals surface area contributed by atoms with Crippen LogP contribution in [0.15, 0.2) is 6.33 Å². The maximum atomic E-state index is 11.5. The summed E-state index contributed by atoms with van der Waals surface area (Å²) in [5.41, 5.74) is 1.43. The molecule has 0 bridgehead atoms. The van der Waals surface area contributed by atoms with E-state index in [9.17, 15) is 4.79 Å². The molecule has 2 rings (SSSR count). The maximum Gasteiger partial charge on any atom is 0.308 e. The molecule has 5 nitrogen and oxygen atoms in total. The predicted molar refractivity (Wildman–Crippen MR) is 69.1 cm³/mol. The second-order valence-corrected chi connectivity index (χ2v) is 5.18. The van der Waals surface area contributed by atoms with E-state index in [1.54, 1.807) is 6.33 Å². The molecular weight excluding hydrogens is 242 g/mol. The second kappa shape index (κ2) is 5.87. The summed E-state index contributed by atoms with van der Waals surface area (Å²) in [5.74, 6) is 0.546. The summed E-state index contributed by atoms with van der Waals surface area (Å²) in [6.45, 7) is 2.81. The molecule has 1 aliphatic rings. The van der Waals surface area contributed by atoms with Gasteiger partial charge in [0.1, 0.15) is 6.07 Å².